The second-order valence-electron chi connectivity index (χ2n) is 0.337. The van der Waals surface area contributed by atoms with Crippen LogP contribution in [0, 0.1) is 6.61 Å². The molecular formula is C2H4BrO. The molecule has 0 aliphatic heterocycles. The van der Waals surface area contributed by atoms with E-state index in [-0.39, 0.29) is 0 Å². The van der Waals surface area contributed by atoms with Gasteiger partial charge in [-0.05, 0) is 0 Å². The van der Waals surface area contributed by atoms with Crippen LogP contribution in [-0.2, 0) is 0 Å². The fourth-order valence-corrected chi connectivity index (χ4v) is 0. The van der Waals surface area contributed by atoms with Gasteiger partial charge in [0.2, 0.25) is 0 Å². The Hall–Kier alpha value is 0.440. The molecule has 0 aliphatic rings. The first-order chi connectivity index (χ1) is 1.91. The van der Waals surface area contributed by atoms with Crippen LogP contribution in [0.2, 0.25) is 0 Å². The lowest BCUT2D eigenvalue weighted by Crippen LogP contribution is -1.63. The molecule has 0 atom stereocenters. The highest BCUT2D eigenvalue weighted by molar-refractivity contribution is 9.09. The van der Waals surface area contributed by atoms with Crippen LogP contribution in [0.1, 0.15) is 0 Å². The lowest BCUT2D eigenvalue weighted by molar-refractivity contribution is 0.406. The SMILES string of the molecule is O[CH]CBr. The van der Waals surface area contributed by atoms with Gasteiger partial charge in [0.05, 0.1) is 6.61 Å². The maximum absolute atomic E-state index is 7.70. The summed E-state index contributed by atoms with van der Waals surface area (Å²) < 4.78 is 0. The van der Waals surface area contributed by atoms with Crippen molar-refractivity contribution in [2.75, 3.05) is 5.33 Å². The van der Waals surface area contributed by atoms with E-state index in [2.05, 4.69) is 15.9 Å². The van der Waals surface area contributed by atoms with Gasteiger partial charge in [0, 0.05) is 5.33 Å². The Morgan fingerprint density at radius 2 is 2.25 bits per heavy atom. The topological polar surface area (TPSA) is 20.2 Å². The molecule has 0 aromatic carbocycles. The molecule has 25 valence electrons. The Kier molecular flexibility index (Phi) is 3.82. The third-order valence-corrected chi connectivity index (χ3v) is 0.359. The van der Waals surface area contributed by atoms with Gasteiger partial charge in [0.25, 0.3) is 0 Å². The van der Waals surface area contributed by atoms with Crippen molar-refractivity contribution in [1.82, 2.24) is 0 Å². The van der Waals surface area contributed by atoms with Crippen molar-refractivity contribution in [2.24, 2.45) is 0 Å². The Balaban J connectivity index is 1.97. The highest BCUT2D eigenvalue weighted by Gasteiger charge is 1.61. The number of hydrogen-bond acceptors (Lipinski definition) is 1. The summed E-state index contributed by atoms with van der Waals surface area (Å²) in [5, 5.41) is 8.27. The fourth-order valence-electron chi connectivity index (χ4n) is 0. The van der Waals surface area contributed by atoms with E-state index in [9.17, 15) is 0 Å². The second-order valence-corrected chi connectivity index (χ2v) is 0.984. The van der Waals surface area contributed by atoms with Crippen LogP contribution in [0.4, 0.5) is 0 Å². The summed E-state index contributed by atoms with van der Waals surface area (Å²) in [6.45, 7) is 1.04. The van der Waals surface area contributed by atoms with Crippen molar-refractivity contribution in [3.8, 4) is 0 Å². The van der Waals surface area contributed by atoms with Crippen molar-refractivity contribution >= 4 is 15.9 Å². The first-order valence-electron chi connectivity index (χ1n) is 0.934. The molecule has 0 unspecified atom stereocenters. The summed E-state index contributed by atoms with van der Waals surface area (Å²) in [6.07, 6.45) is 0. The zero-order valence-corrected chi connectivity index (χ0v) is 3.70. The Morgan fingerprint density at radius 3 is 2.25 bits per heavy atom. The molecule has 1 N–H and O–H groups in total. The van der Waals surface area contributed by atoms with E-state index in [1.807, 2.05) is 0 Å². The minimum atomic E-state index is 0.562. The Bertz CT molecular complexity index is 8.00. The zero-order chi connectivity index (χ0) is 3.41. The molecule has 1 radical (unpaired) electrons. The fraction of sp³-hybridized carbons (Fsp3) is 0.500. The van der Waals surface area contributed by atoms with Gasteiger partial charge in [-0.15, -0.1) is 0 Å². The van der Waals surface area contributed by atoms with Crippen molar-refractivity contribution < 1.29 is 5.11 Å². The largest absolute Gasteiger partial charge is 0.390 e. The molecule has 0 aliphatic carbocycles. The summed E-state index contributed by atoms with van der Waals surface area (Å²) in [5.41, 5.74) is 0. The van der Waals surface area contributed by atoms with Crippen LogP contribution in [0.15, 0.2) is 0 Å². The van der Waals surface area contributed by atoms with Gasteiger partial charge in [0.1, 0.15) is 0 Å². The molecule has 0 heterocycles. The first kappa shape index (κ1) is 4.44. The maximum Gasteiger partial charge on any atom is 0.0903 e. The van der Waals surface area contributed by atoms with Crippen LogP contribution < -0.4 is 0 Å². The Morgan fingerprint density at radius 1 is 2.00 bits per heavy atom. The molecular weight excluding hydrogens is 120 g/mol. The summed E-state index contributed by atoms with van der Waals surface area (Å²) in [7, 11) is 0. The molecule has 0 saturated heterocycles. The average molecular weight is 124 g/mol. The van der Waals surface area contributed by atoms with Gasteiger partial charge in [-0.2, -0.15) is 0 Å². The third-order valence-electron chi connectivity index (χ3n) is 0.0690. The van der Waals surface area contributed by atoms with E-state index in [4.69, 9.17) is 5.11 Å². The molecule has 0 fully saturated rings. The highest BCUT2D eigenvalue weighted by atomic mass is 79.9. The standard InChI is InChI=1S/C2H4BrO/c3-1-2-4/h2,4H,1H2. The van der Waals surface area contributed by atoms with Crippen molar-refractivity contribution in [1.29, 1.82) is 0 Å². The van der Waals surface area contributed by atoms with E-state index in [0.29, 0.717) is 5.33 Å². The minimum Gasteiger partial charge on any atom is -0.390 e. The zero-order valence-electron chi connectivity index (χ0n) is 2.11. The van der Waals surface area contributed by atoms with Crippen molar-refractivity contribution in [3.05, 3.63) is 6.61 Å². The van der Waals surface area contributed by atoms with E-state index >= 15 is 0 Å². The monoisotopic (exact) mass is 123 g/mol. The van der Waals surface area contributed by atoms with Crippen LogP contribution in [0.5, 0.6) is 0 Å². The molecule has 4 heavy (non-hydrogen) atoms. The van der Waals surface area contributed by atoms with Crippen LogP contribution >= 0.6 is 15.9 Å². The van der Waals surface area contributed by atoms with Crippen LogP contribution in [0.25, 0.3) is 0 Å². The normalized spacial score (nSPS) is 7.50. The number of rotatable bonds is 1. The molecule has 0 amide bonds. The van der Waals surface area contributed by atoms with Crippen molar-refractivity contribution in [3.63, 3.8) is 0 Å². The molecule has 1 nitrogen and oxygen atoms in total. The third kappa shape index (κ3) is 2.44. The number of halogens is 1. The molecule has 2 heteroatoms. The number of aliphatic hydroxyl groups excluding tert-OH is 1. The molecule has 0 aromatic rings. The van der Waals surface area contributed by atoms with Crippen LogP contribution in [0.3, 0.4) is 0 Å². The molecule has 0 rings (SSSR count). The van der Waals surface area contributed by atoms with E-state index < -0.39 is 0 Å². The molecule has 0 saturated carbocycles. The van der Waals surface area contributed by atoms with Crippen LogP contribution in [-0.4, -0.2) is 10.4 Å². The predicted molar refractivity (Wildman–Crippen MR) is 20.0 cm³/mol. The predicted octanol–water partition coefficient (Wildman–Crippen LogP) is 0.916. The van der Waals surface area contributed by atoms with Gasteiger partial charge in [-0.25, -0.2) is 0 Å². The smallest absolute Gasteiger partial charge is 0.0903 e. The molecule has 0 bridgehead atoms. The maximum atomic E-state index is 7.70. The lowest BCUT2D eigenvalue weighted by Gasteiger charge is -1.65. The lowest BCUT2D eigenvalue weighted by atomic mass is 10.9. The summed E-state index contributed by atoms with van der Waals surface area (Å²) >= 11 is 2.94. The number of aliphatic hydroxyl groups is 1. The first-order valence-corrected chi connectivity index (χ1v) is 2.06. The second kappa shape index (κ2) is 3.44. The van der Waals surface area contributed by atoms with Crippen molar-refractivity contribution in [2.45, 2.75) is 0 Å². The quantitative estimate of drug-likeness (QED) is 0.515. The van der Waals surface area contributed by atoms with Gasteiger partial charge in [0.15, 0.2) is 0 Å². The van der Waals surface area contributed by atoms with Gasteiger partial charge < -0.3 is 5.11 Å². The number of hydrogen-bond donors (Lipinski definition) is 1. The van der Waals surface area contributed by atoms with Gasteiger partial charge in [-0.3, -0.25) is 0 Å². The molecule has 0 spiro atoms. The van der Waals surface area contributed by atoms with Gasteiger partial charge in [-0.1, -0.05) is 15.9 Å². The van der Waals surface area contributed by atoms with Gasteiger partial charge >= 0.3 is 0 Å². The number of alkyl halides is 1. The molecule has 0 aromatic heterocycles. The summed E-state index contributed by atoms with van der Waals surface area (Å²) in [5.74, 6) is 0. The summed E-state index contributed by atoms with van der Waals surface area (Å²) in [4.78, 5) is 0. The highest BCUT2D eigenvalue weighted by Crippen LogP contribution is 1.75. The van der Waals surface area contributed by atoms with E-state index in [1.54, 1.807) is 0 Å². The minimum absolute atomic E-state index is 0.562. The average Bonchev–Trinajstić information content (AvgIpc) is 1.37. The summed E-state index contributed by atoms with van der Waals surface area (Å²) in [6, 6.07) is 0. The Labute approximate surface area is 33.8 Å². The van der Waals surface area contributed by atoms with E-state index in [1.165, 1.54) is 0 Å². The van der Waals surface area contributed by atoms with E-state index in [0.717, 1.165) is 6.61 Å².